The number of fused-ring (bicyclic) bond motifs is 1. The number of benzodiazepines with no additional fused rings is 1. The second kappa shape index (κ2) is 10.1. The maximum Gasteiger partial charge on any atom is 0.291 e. The molecule has 10 nitrogen and oxygen atoms in total. The van der Waals surface area contributed by atoms with E-state index in [0.717, 1.165) is 29.7 Å². The summed E-state index contributed by atoms with van der Waals surface area (Å²) < 4.78 is 12.8. The van der Waals surface area contributed by atoms with E-state index in [1.165, 1.54) is 0 Å². The molecule has 0 saturated carbocycles. The van der Waals surface area contributed by atoms with Gasteiger partial charge in [0.2, 0.25) is 12.1 Å². The molecule has 0 bridgehead atoms. The van der Waals surface area contributed by atoms with Crippen LogP contribution in [0, 0.1) is 12.3 Å². The molecule has 1 aromatic heterocycles. The van der Waals surface area contributed by atoms with Gasteiger partial charge in [0.1, 0.15) is 5.69 Å². The minimum Gasteiger partial charge on any atom is -0.405 e. The first kappa shape index (κ1) is 23.4. The van der Waals surface area contributed by atoms with E-state index < -0.39 is 12.1 Å². The highest BCUT2D eigenvalue weighted by atomic mass is 16.5. The number of ether oxygens (including phenoxy) is 2. The van der Waals surface area contributed by atoms with Crippen molar-refractivity contribution in [2.75, 3.05) is 18.5 Å². The number of hydrogen-bond donors (Lipinski definition) is 3. The molecule has 36 heavy (non-hydrogen) atoms. The van der Waals surface area contributed by atoms with E-state index in [-0.39, 0.29) is 18.0 Å². The lowest BCUT2D eigenvalue weighted by Crippen LogP contribution is -2.30. The third-order valence-electron chi connectivity index (χ3n) is 6.06. The largest absolute Gasteiger partial charge is 0.405 e. The molecule has 184 valence electrons. The van der Waals surface area contributed by atoms with Crippen LogP contribution >= 0.6 is 0 Å². The Labute approximate surface area is 208 Å². The normalized spacial score (nSPS) is 18.6. The number of aryl methyl sites for hydroxylation is 1. The lowest BCUT2D eigenvalue weighted by molar-refractivity contribution is -0.117. The monoisotopic (exact) mass is 485 g/mol. The minimum atomic E-state index is -1.19. The van der Waals surface area contributed by atoms with Crippen LogP contribution in [0.15, 0.2) is 70.6 Å². The van der Waals surface area contributed by atoms with Gasteiger partial charge in [-0.25, -0.2) is 4.99 Å². The number of nitrogens with two attached hydrogens (primary N) is 1. The Balaban J connectivity index is 1.42. The fourth-order valence-electron chi connectivity index (χ4n) is 4.36. The van der Waals surface area contributed by atoms with Gasteiger partial charge in [-0.15, -0.1) is 0 Å². The first-order valence-electron chi connectivity index (χ1n) is 11.8. The zero-order valence-electron chi connectivity index (χ0n) is 19.8. The summed E-state index contributed by atoms with van der Waals surface area (Å²) in [5.41, 5.74) is 10.2. The number of hydrogen-bond acceptors (Lipinski definition) is 7. The maximum atomic E-state index is 13.0. The number of benzene rings is 2. The van der Waals surface area contributed by atoms with Gasteiger partial charge in [0.15, 0.2) is 0 Å². The first-order valence-corrected chi connectivity index (χ1v) is 11.8. The summed E-state index contributed by atoms with van der Waals surface area (Å²) >= 11 is 0. The van der Waals surface area contributed by atoms with Crippen molar-refractivity contribution < 1.29 is 14.3 Å². The highest BCUT2D eigenvalue weighted by Crippen LogP contribution is 2.25. The van der Waals surface area contributed by atoms with Crippen LogP contribution in [0.5, 0.6) is 0 Å². The number of anilines is 1. The predicted octanol–water partition coefficient (Wildman–Crippen LogP) is 3.02. The number of carbonyl (C=O) groups excluding carboxylic acids is 1. The second-order valence-electron chi connectivity index (χ2n) is 8.61. The van der Waals surface area contributed by atoms with Gasteiger partial charge in [-0.2, -0.15) is 10.1 Å². The summed E-state index contributed by atoms with van der Waals surface area (Å²) in [5.74, 6) is -0.650. The van der Waals surface area contributed by atoms with Crippen LogP contribution in [0.1, 0.15) is 41.4 Å². The molecule has 4 N–H and O–H groups in total. The van der Waals surface area contributed by atoms with Gasteiger partial charge in [-0.05, 0) is 31.9 Å². The van der Waals surface area contributed by atoms with Crippen LogP contribution in [0.25, 0.3) is 0 Å². The Morgan fingerprint density at radius 1 is 1.17 bits per heavy atom. The quantitative estimate of drug-likeness (QED) is 0.385. The van der Waals surface area contributed by atoms with Crippen LogP contribution in [0.3, 0.4) is 0 Å². The molecule has 2 aliphatic rings. The molecule has 3 aromatic rings. The van der Waals surface area contributed by atoms with Gasteiger partial charge in [-0.1, -0.05) is 48.5 Å². The van der Waals surface area contributed by atoms with E-state index >= 15 is 0 Å². The van der Waals surface area contributed by atoms with Gasteiger partial charge >= 0.3 is 0 Å². The van der Waals surface area contributed by atoms with Crippen molar-refractivity contribution in [1.29, 1.82) is 5.41 Å². The van der Waals surface area contributed by atoms with Gasteiger partial charge in [-0.3, -0.25) is 14.9 Å². The van der Waals surface area contributed by atoms with Crippen molar-refractivity contribution in [3.8, 4) is 0 Å². The van der Waals surface area contributed by atoms with Crippen LogP contribution in [-0.4, -0.2) is 52.7 Å². The Kier molecular flexibility index (Phi) is 6.59. The van der Waals surface area contributed by atoms with Crippen LogP contribution < -0.4 is 11.1 Å². The molecule has 2 aromatic carbocycles. The molecule has 0 unspecified atom stereocenters. The Bertz CT molecular complexity index is 1340. The molecular formula is C26H27N7O3. The van der Waals surface area contributed by atoms with Crippen LogP contribution in [0.2, 0.25) is 0 Å². The summed E-state index contributed by atoms with van der Waals surface area (Å²) in [7, 11) is 0. The fourth-order valence-corrected chi connectivity index (χ4v) is 4.36. The second-order valence-corrected chi connectivity index (χ2v) is 8.61. The Morgan fingerprint density at radius 3 is 2.67 bits per heavy atom. The summed E-state index contributed by atoms with van der Waals surface area (Å²) in [6.07, 6.45) is 0.401. The van der Waals surface area contributed by atoms with Gasteiger partial charge < -0.3 is 20.5 Å². The number of para-hydroxylation sites is 1. The summed E-state index contributed by atoms with van der Waals surface area (Å²) in [6.45, 7) is 3.14. The summed E-state index contributed by atoms with van der Waals surface area (Å²) in [6, 6.07) is 18.5. The Hall–Kier alpha value is -4.31. The number of amides is 1. The van der Waals surface area contributed by atoms with Crippen molar-refractivity contribution in [3.05, 3.63) is 83.2 Å². The van der Waals surface area contributed by atoms with Gasteiger partial charge in [0, 0.05) is 24.3 Å². The molecule has 1 fully saturated rings. The SMILES string of the molecule is Cc1cc(C(=N)OC(N)=N[C@H]2N=C(c3ccccc3)c3ccccc3NC2=O)n(C2CCOCC2)n1. The van der Waals surface area contributed by atoms with Crippen LogP contribution in [0.4, 0.5) is 5.69 Å². The number of nitrogens with zero attached hydrogens (tertiary/aromatic N) is 4. The van der Waals surface area contributed by atoms with Crippen molar-refractivity contribution in [3.63, 3.8) is 0 Å². The van der Waals surface area contributed by atoms with E-state index in [1.807, 2.05) is 61.5 Å². The average molecular weight is 486 g/mol. The molecule has 1 saturated heterocycles. The molecule has 3 heterocycles. The van der Waals surface area contributed by atoms with Crippen molar-refractivity contribution in [2.24, 2.45) is 15.7 Å². The number of amidine groups is 1. The molecule has 2 aliphatic heterocycles. The standard InChI is InChI=1S/C26H27N7O3/c1-16-15-21(33(32-16)18-11-13-35-14-12-18)23(27)36-26(28)31-24-25(34)29-20-10-6-5-9-19(20)22(30-24)17-7-3-2-4-8-17/h2-10,15,18,24,27H,11-14H2,1H3,(H2,28,31)(H,29,34)/t24-/m1/s1. The molecule has 10 heteroatoms. The predicted molar refractivity (Wildman–Crippen MR) is 137 cm³/mol. The number of rotatable bonds is 4. The molecule has 1 atom stereocenters. The van der Waals surface area contributed by atoms with E-state index in [1.54, 1.807) is 10.7 Å². The van der Waals surface area contributed by atoms with E-state index in [2.05, 4.69) is 20.4 Å². The first-order chi connectivity index (χ1) is 17.5. The Morgan fingerprint density at radius 2 is 1.89 bits per heavy atom. The summed E-state index contributed by atoms with van der Waals surface area (Å²) in [5, 5.41) is 15.9. The topological polar surface area (TPSA) is 140 Å². The van der Waals surface area contributed by atoms with Crippen molar-refractivity contribution in [1.82, 2.24) is 9.78 Å². The zero-order chi connectivity index (χ0) is 25.1. The zero-order valence-corrected chi connectivity index (χ0v) is 19.8. The third-order valence-corrected chi connectivity index (χ3v) is 6.06. The van der Waals surface area contributed by atoms with Gasteiger partial charge in [0.05, 0.1) is 23.1 Å². The van der Waals surface area contributed by atoms with Crippen LogP contribution in [-0.2, 0) is 14.3 Å². The highest BCUT2D eigenvalue weighted by molar-refractivity contribution is 6.19. The van der Waals surface area contributed by atoms with E-state index in [9.17, 15) is 4.79 Å². The summed E-state index contributed by atoms with van der Waals surface area (Å²) in [4.78, 5) is 21.9. The van der Waals surface area contributed by atoms with Crippen molar-refractivity contribution in [2.45, 2.75) is 32.0 Å². The number of aliphatic imine (C=N–C) groups is 2. The lowest BCUT2D eigenvalue weighted by Gasteiger charge is -2.24. The van der Waals surface area contributed by atoms with Crippen molar-refractivity contribution >= 4 is 29.2 Å². The maximum absolute atomic E-state index is 13.0. The smallest absolute Gasteiger partial charge is 0.291 e. The molecule has 1 amide bonds. The van der Waals surface area contributed by atoms with Gasteiger partial charge in [0.25, 0.3) is 11.9 Å². The molecule has 5 rings (SSSR count). The average Bonchev–Trinajstić information content (AvgIpc) is 3.23. The molecule has 0 spiro atoms. The molecular weight excluding hydrogens is 458 g/mol. The lowest BCUT2D eigenvalue weighted by atomic mass is 10.0. The molecule has 0 aliphatic carbocycles. The molecule has 0 radical (unpaired) electrons. The third kappa shape index (κ3) is 4.89. The van der Waals surface area contributed by atoms with E-state index in [0.29, 0.717) is 30.3 Å². The minimum absolute atomic E-state index is 0.105. The highest BCUT2D eigenvalue weighted by Gasteiger charge is 2.27. The van der Waals surface area contributed by atoms with E-state index in [4.69, 9.17) is 20.6 Å². The number of aromatic nitrogens is 2. The fraction of sp³-hybridized carbons (Fsp3) is 0.269. The number of carbonyl (C=O) groups is 1. The number of nitrogens with one attached hydrogen (secondary N) is 2.